The summed E-state index contributed by atoms with van der Waals surface area (Å²) in [6.07, 6.45) is 6.09. The van der Waals surface area contributed by atoms with Crippen molar-refractivity contribution in [3.05, 3.63) is 16.6 Å². The largest absolute Gasteiger partial charge is 0.309 e. The van der Waals surface area contributed by atoms with Crippen LogP contribution in [0.5, 0.6) is 0 Å². The highest BCUT2D eigenvalue weighted by Crippen LogP contribution is 2.29. The molecule has 0 spiro atoms. The second kappa shape index (κ2) is 5.08. The molecule has 2 nitrogen and oxygen atoms in total. The van der Waals surface area contributed by atoms with Crippen molar-refractivity contribution in [2.75, 3.05) is 0 Å². The smallest absolute Gasteiger partial charge is 0.0794 e. The third kappa shape index (κ3) is 2.79. The molecular formula is C12H20N2S. The van der Waals surface area contributed by atoms with Crippen molar-refractivity contribution in [1.82, 2.24) is 10.3 Å². The molecular weight excluding hydrogens is 204 g/mol. The van der Waals surface area contributed by atoms with Crippen LogP contribution in [0.2, 0.25) is 0 Å². The van der Waals surface area contributed by atoms with Gasteiger partial charge in [-0.05, 0) is 18.3 Å². The van der Waals surface area contributed by atoms with Crippen molar-refractivity contribution in [3.8, 4) is 0 Å². The Morgan fingerprint density at radius 1 is 1.47 bits per heavy atom. The Kier molecular flexibility index (Phi) is 3.76. The van der Waals surface area contributed by atoms with Gasteiger partial charge in [0, 0.05) is 23.7 Å². The van der Waals surface area contributed by atoms with Crippen LogP contribution in [0.1, 0.15) is 38.0 Å². The molecule has 0 bridgehead atoms. The Balaban J connectivity index is 1.83. The van der Waals surface area contributed by atoms with Gasteiger partial charge in [0.2, 0.25) is 0 Å². The van der Waals surface area contributed by atoms with Gasteiger partial charge in [0.05, 0.1) is 5.51 Å². The molecule has 1 N–H and O–H groups in total. The molecule has 1 aromatic heterocycles. The molecule has 0 unspecified atom stereocenters. The molecule has 3 heteroatoms. The molecule has 0 aromatic carbocycles. The number of hydrogen-bond acceptors (Lipinski definition) is 3. The normalized spacial score (nSPS) is 31.7. The summed E-state index contributed by atoms with van der Waals surface area (Å²) in [6.45, 7) is 5.76. The number of thiazole rings is 1. The highest BCUT2D eigenvalue weighted by molar-refractivity contribution is 7.09. The molecule has 1 saturated carbocycles. The summed E-state index contributed by atoms with van der Waals surface area (Å²) < 4.78 is 0. The van der Waals surface area contributed by atoms with Crippen LogP contribution in [0.15, 0.2) is 11.7 Å². The third-order valence-electron chi connectivity index (χ3n) is 3.73. The fourth-order valence-electron chi connectivity index (χ4n) is 2.43. The zero-order chi connectivity index (χ0) is 10.7. The zero-order valence-corrected chi connectivity index (χ0v) is 10.4. The van der Waals surface area contributed by atoms with Gasteiger partial charge in [-0.2, -0.15) is 0 Å². The Hall–Kier alpha value is -0.410. The first kappa shape index (κ1) is 11.1. The SMILES string of the molecule is C[C@@H]1[C@H](C)CCC[C@@H]1NCc1cncs1. The highest BCUT2D eigenvalue weighted by Gasteiger charge is 2.26. The van der Waals surface area contributed by atoms with Gasteiger partial charge in [0.25, 0.3) is 0 Å². The Morgan fingerprint density at radius 2 is 2.33 bits per heavy atom. The maximum Gasteiger partial charge on any atom is 0.0794 e. The number of aromatic nitrogens is 1. The summed E-state index contributed by atoms with van der Waals surface area (Å²) >= 11 is 1.74. The summed E-state index contributed by atoms with van der Waals surface area (Å²) in [5.41, 5.74) is 1.91. The first-order valence-corrected chi connectivity index (χ1v) is 6.76. The lowest BCUT2D eigenvalue weighted by atomic mass is 9.78. The standard InChI is InChI=1S/C12H20N2S/c1-9-4-3-5-12(10(9)2)14-7-11-6-13-8-15-11/h6,8-10,12,14H,3-5,7H2,1-2H3/t9-,10-,12+/m1/s1. The van der Waals surface area contributed by atoms with Crippen molar-refractivity contribution in [2.24, 2.45) is 11.8 Å². The van der Waals surface area contributed by atoms with E-state index in [-0.39, 0.29) is 0 Å². The molecule has 1 aliphatic carbocycles. The van der Waals surface area contributed by atoms with Crippen LogP contribution >= 0.6 is 11.3 Å². The van der Waals surface area contributed by atoms with Crippen LogP contribution < -0.4 is 5.32 Å². The van der Waals surface area contributed by atoms with Gasteiger partial charge < -0.3 is 5.32 Å². The molecule has 0 amide bonds. The zero-order valence-electron chi connectivity index (χ0n) is 9.57. The van der Waals surface area contributed by atoms with Gasteiger partial charge in [-0.3, -0.25) is 4.98 Å². The van der Waals surface area contributed by atoms with Crippen LogP contribution in [0.3, 0.4) is 0 Å². The summed E-state index contributed by atoms with van der Waals surface area (Å²) in [7, 11) is 0. The van der Waals surface area contributed by atoms with Crippen molar-refractivity contribution in [2.45, 2.75) is 45.7 Å². The van der Waals surface area contributed by atoms with Crippen molar-refractivity contribution < 1.29 is 0 Å². The van der Waals surface area contributed by atoms with E-state index in [2.05, 4.69) is 24.1 Å². The fraction of sp³-hybridized carbons (Fsp3) is 0.750. The number of rotatable bonds is 3. The van der Waals surface area contributed by atoms with Crippen LogP contribution in [0, 0.1) is 11.8 Å². The third-order valence-corrected chi connectivity index (χ3v) is 4.51. The van der Waals surface area contributed by atoms with E-state index in [1.165, 1.54) is 24.1 Å². The molecule has 2 rings (SSSR count). The molecule has 15 heavy (non-hydrogen) atoms. The van der Waals surface area contributed by atoms with E-state index in [1.54, 1.807) is 11.3 Å². The topological polar surface area (TPSA) is 24.9 Å². The second-order valence-corrected chi connectivity index (χ2v) is 5.69. The van der Waals surface area contributed by atoms with E-state index < -0.39 is 0 Å². The number of nitrogens with zero attached hydrogens (tertiary/aromatic N) is 1. The highest BCUT2D eigenvalue weighted by atomic mass is 32.1. The van der Waals surface area contributed by atoms with E-state index >= 15 is 0 Å². The lowest BCUT2D eigenvalue weighted by molar-refractivity contribution is 0.206. The van der Waals surface area contributed by atoms with Crippen molar-refractivity contribution in [1.29, 1.82) is 0 Å². The number of hydrogen-bond donors (Lipinski definition) is 1. The van der Waals surface area contributed by atoms with Gasteiger partial charge in [-0.1, -0.05) is 26.7 Å². The van der Waals surface area contributed by atoms with Crippen LogP contribution in [0.4, 0.5) is 0 Å². The lowest BCUT2D eigenvalue weighted by Crippen LogP contribution is -2.40. The van der Waals surface area contributed by atoms with E-state index in [0.717, 1.165) is 18.4 Å². The lowest BCUT2D eigenvalue weighted by Gasteiger charge is -2.34. The Bertz CT molecular complexity index is 284. The minimum atomic E-state index is 0.704. The average Bonchev–Trinajstić information content (AvgIpc) is 2.73. The minimum absolute atomic E-state index is 0.704. The monoisotopic (exact) mass is 224 g/mol. The molecule has 0 radical (unpaired) electrons. The first-order valence-electron chi connectivity index (χ1n) is 5.88. The van der Waals surface area contributed by atoms with E-state index in [4.69, 9.17) is 0 Å². The summed E-state index contributed by atoms with van der Waals surface area (Å²) in [4.78, 5) is 5.45. The fourth-order valence-corrected chi connectivity index (χ4v) is 2.98. The minimum Gasteiger partial charge on any atom is -0.309 e. The molecule has 1 fully saturated rings. The van der Waals surface area contributed by atoms with Gasteiger partial charge in [-0.15, -0.1) is 11.3 Å². The molecule has 1 heterocycles. The van der Waals surface area contributed by atoms with Crippen molar-refractivity contribution >= 4 is 11.3 Å². The van der Waals surface area contributed by atoms with Gasteiger partial charge in [-0.25, -0.2) is 0 Å². The molecule has 3 atom stereocenters. The predicted octanol–water partition coefficient (Wildman–Crippen LogP) is 3.06. The summed E-state index contributed by atoms with van der Waals surface area (Å²) in [5.74, 6) is 1.68. The summed E-state index contributed by atoms with van der Waals surface area (Å²) in [6, 6.07) is 0.704. The maximum atomic E-state index is 4.10. The quantitative estimate of drug-likeness (QED) is 0.853. The van der Waals surface area contributed by atoms with Crippen LogP contribution in [-0.2, 0) is 6.54 Å². The molecule has 0 saturated heterocycles. The first-order chi connectivity index (χ1) is 7.27. The van der Waals surface area contributed by atoms with Crippen LogP contribution in [0.25, 0.3) is 0 Å². The molecule has 84 valence electrons. The second-order valence-electron chi connectivity index (χ2n) is 4.72. The maximum absolute atomic E-state index is 4.10. The van der Waals surface area contributed by atoms with Crippen molar-refractivity contribution in [3.63, 3.8) is 0 Å². The van der Waals surface area contributed by atoms with Crippen LogP contribution in [-0.4, -0.2) is 11.0 Å². The van der Waals surface area contributed by atoms with E-state index in [0.29, 0.717) is 6.04 Å². The van der Waals surface area contributed by atoms with Gasteiger partial charge in [0.1, 0.15) is 0 Å². The number of nitrogens with one attached hydrogen (secondary N) is 1. The van der Waals surface area contributed by atoms with E-state index in [9.17, 15) is 0 Å². The predicted molar refractivity (Wildman–Crippen MR) is 64.9 cm³/mol. The molecule has 1 aromatic rings. The van der Waals surface area contributed by atoms with E-state index in [1.807, 2.05) is 11.7 Å². The average molecular weight is 224 g/mol. The Labute approximate surface area is 96.1 Å². The van der Waals surface area contributed by atoms with Gasteiger partial charge in [0.15, 0.2) is 0 Å². The Morgan fingerprint density at radius 3 is 3.07 bits per heavy atom. The molecule has 0 aliphatic heterocycles. The van der Waals surface area contributed by atoms with Gasteiger partial charge >= 0.3 is 0 Å². The molecule has 1 aliphatic rings. The summed E-state index contributed by atoms with van der Waals surface area (Å²) in [5, 5.41) is 3.67.